The molecule has 0 bridgehead atoms. The molecule has 10 atom stereocenters. The third-order valence-corrected chi connectivity index (χ3v) is 20.9. The predicted molar refractivity (Wildman–Crippen MR) is 243 cm³/mol. The minimum atomic E-state index is -3.46. The van der Waals surface area contributed by atoms with Crippen LogP contribution in [0.4, 0.5) is 0 Å². The van der Waals surface area contributed by atoms with Gasteiger partial charge >= 0.3 is 11.9 Å². The third-order valence-electron chi connectivity index (χ3n) is 19.0. The van der Waals surface area contributed by atoms with Gasteiger partial charge in [0.05, 0.1) is 17.7 Å². The van der Waals surface area contributed by atoms with E-state index in [9.17, 15) is 27.9 Å². The molecule has 1 heterocycles. The first kappa shape index (κ1) is 47.2. The topological polar surface area (TPSA) is 125 Å². The fourth-order valence-electron chi connectivity index (χ4n) is 15.6. The molecule has 0 spiro atoms. The molecular weight excluding hydrogens is 799 g/mol. The number of amides is 1. The monoisotopic (exact) mass is 878 g/mol. The predicted octanol–water partition coefficient (Wildman–Crippen LogP) is 9.43. The van der Waals surface area contributed by atoms with E-state index in [2.05, 4.69) is 57.9 Å². The third kappa shape index (κ3) is 8.13. The molecule has 5 saturated carbocycles. The Morgan fingerprint density at radius 1 is 0.839 bits per heavy atom. The van der Waals surface area contributed by atoms with Crippen LogP contribution in [0.25, 0.3) is 0 Å². The van der Waals surface area contributed by atoms with E-state index in [4.69, 9.17) is 4.74 Å². The van der Waals surface area contributed by atoms with Gasteiger partial charge in [-0.05, 0) is 145 Å². The number of rotatable bonds is 12. The molecule has 6 fully saturated rings. The Hall–Kier alpha value is -2.76. The van der Waals surface area contributed by atoms with Crippen LogP contribution in [0.3, 0.4) is 0 Å². The standard InChI is InChI=1S/C51H79N3O7S/c1-34(2)37-18-23-51(30-42(55)54-28-26-53(27-29-54)33-35-12-14-36(15-13-35)62(59,60)52(10)11)25-24-49(8)38(45(37)51)16-17-40-48(7)21-20-41(47(5,6)39(48)19-22-50(40,49)9)61-44(58)32-46(3,4)31-43(56)57/h12-15,37-41,45H,1,16-33H2,2-11H3,(H,56,57)/t37-,38+,39-,40+,41-,45+,48-,49+,50+,51+/m0/s1. The second-order valence-corrected chi connectivity index (χ2v) is 25.7. The summed E-state index contributed by atoms with van der Waals surface area (Å²) >= 11 is 0. The lowest BCUT2D eigenvalue weighted by Crippen LogP contribution is -2.67. The number of carboxylic acid groups (broad SMARTS) is 1. The molecule has 1 amide bonds. The molecule has 1 N–H and O–H groups in total. The first-order valence-electron chi connectivity index (χ1n) is 23.9. The van der Waals surface area contributed by atoms with E-state index in [0.29, 0.717) is 46.8 Å². The molecule has 7 rings (SSSR count). The zero-order valence-electron chi connectivity index (χ0n) is 39.9. The van der Waals surface area contributed by atoms with Crippen molar-refractivity contribution in [2.45, 2.75) is 156 Å². The molecule has 0 aromatic heterocycles. The van der Waals surface area contributed by atoms with E-state index < -0.39 is 21.4 Å². The zero-order chi connectivity index (χ0) is 45.4. The summed E-state index contributed by atoms with van der Waals surface area (Å²) in [6.07, 6.45) is 11.6. The van der Waals surface area contributed by atoms with Crippen LogP contribution in [-0.4, -0.2) is 91.9 Å². The number of esters is 1. The lowest BCUT2D eigenvalue weighted by atomic mass is 9.32. The van der Waals surface area contributed by atoms with Crippen molar-refractivity contribution in [3.63, 3.8) is 0 Å². The van der Waals surface area contributed by atoms with Crippen LogP contribution in [0, 0.1) is 62.1 Å². The Labute approximate surface area is 374 Å². The van der Waals surface area contributed by atoms with Crippen molar-refractivity contribution in [1.82, 2.24) is 14.1 Å². The van der Waals surface area contributed by atoms with E-state index in [0.717, 1.165) is 83.2 Å². The van der Waals surface area contributed by atoms with Crippen LogP contribution < -0.4 is 0 Å². The number of nitrogens with zero attached hydrogens (tertiary/aromatic N) is 3. The van der Waals surface area contributed by atoms with E-state index >= 15 is 0 Å². The molecule has 10 nitrogen and oxygen atoms in total. The minimum Gasteiger partial charge on any atom is -0.481 e. The van der Waals surface area contributed by atoms with Gasteiger partial charge in [-0.3, -0.25) is 19.3 Å². The van der Waals surface area contributed by atoms with Crippen molar-refractivity contribution in [3.8, 4) is 0 Å². The first-order valence-corrected chi connectivity index (χ1v) is 25.3. The van der Waals surface area contributed by atoms with Gasteiger partial charge in [-0.25, -0.2) is 12.7 Å². The molecule has 0 radical (unpaired) electrons. The van der Waals surface area contributed by atoms with Crippen LogP contribution in [0.15, 0.2) is 41.3 Å². The maximum Gasteiger partial charge on any atom is 0.306 e. The number of benzene rings is 1. The molecule has 1 aromatic rings. The number of ether oxygens (including phenoxy) is 1. The van der Waals surface area contributed by atoms with E-state index in [1.165, 1.54) is 29.1 Å². The lowest BCUT2D eigenvalue weighted by Gasteiger charge is -2.73. The second-order valence-electron chi connectivity index (χ2n) is 23.6. The van der Waals surface area contributed by atoms with Gasteiger partial charge in [-0.2, -0.15) is 0 Å². The Bertz CT molecular complexity index is 2010. The van der Waals surface area contributed by atoms with Crippen LogP contribution in [-0.2, 0) is 35.7 Å². The number of allylic oxidation sites excluding steroid dienone is 1. The van der Waals surface area contributed by atoms with Crippen molar-refractivity contribution in [2.24, 2.45) is 62.1 Å². The van der Waals surface area contributed by atoms with Crippen LogP contribution in [0.2, 0.25) is 0 Å². The molecular formula is C51H79N3O7S. The van der Waals surface area contributed by atoms with Gasteiger partial charge in [-0.1, -0.05) is 72.8 Å². The van der Waals surface area contributed by atoms with Crippen molar-refractivity contribution < 1.29 is 32.6 Å². The number of carbonyl (C=O) groups excluding carboxylic acids is 2. The molecule has 1 aromatic carbocycles. The van der Waals surface area contributed by atoms with E-state index in [1.54, 1.807) is 26.2 Å². The summed E-state index contributed by atoms with van der Waals surface area (Å²) in [5.41, 5.74) is 1.97. The number of aliphatic carboxylic acids is 1. The summed E-state index contributed by atoms with van der Waals surface area (Å²) in [6.45, 7) is 26.8. The average molecular weight is 878 g/mol. The molecule has 6 aliphatic rings. The number of carboxylic acids is 1. The molecule has 346 valence electrons. The van der Waals surface area contributed by atoms with Crippen LogP contribution in [0.5, 0.6) is 0 Å². The molecule has 11 heteroatoms. The van der Waals surface area contributed by atoms with Gasteiger partial charge in [0.1, 0.15) is 6.10 Å². The Morgan fingerprint density at radius 3 is 2.11 bits per heavy atom. The molecule has 0 unspecified atom stereocenters. The van der Waals surface area contributed by atoms with E-state index in [1.807, 2.05) is 26.0 Å². The zero-order valence-corrected chi connectivity index (χ0v) is 40.7. The smallest absolute Gasteiger partial charge is 0.306 e. The Kier molecular flexibility index (Phi) is 12.6. The van der Waals surface area contributed by atoms with E-state index in [-0.39, 0.29) is 52.0 Å². The van der Waals surface area contributed by atoms with Crippen LogP contribution >= 0.6 is 0 Å². The number of fused-ring (bicyclic) bond motifs is 7. The van der Waals surface area contributed by atoms with Gasteiger partial charge in [0.15, 0.2) is 0 Å². The van der Waals surface area contributed by atoms with Gasteiger partial charge < -0.3 is 14.7 Å². The van der Waals surface area contributed by atoms with Crippen molar-refractivity contribution in [3.05, 3.63) is 42.0 Å². The quantitative estimate of drug-likeness (QED) is 0.163. The number of hydrogen-bond acceptors (Lipinski definition) is 7. The Balaban J connectivity index is 1.03. The normalized spacial score (nSPS) is 37.1. The number of sulfonamides is 1. The average Bonchev–Trinajstić information content (AvgIpc) is 3.55. The van der Waals surface area contributed by atoms with Crippen molar-refractivity contribution >= 4 is 27.9 Å². The summed E-state index contributed by atoms with van der Waals surface area (Å²) in [5.74, 6) is 1.59. The summed E-state index contributed by atoms with van der Waals surface area (Å²) in [7, 11) is -0.369. The molecule has 62 heavy (non-hydrogen) atoms. The molecule has 1 aliphatic heterocycles. The maximum absolute atomic E-state index is 14.5. The highest BCUT2D eigenvalue weighted by atomic mass is 32.2. The number of carbonyl (C=O) groups is 3. The van der Waals surface area contributed by atoms with Gasteiger partial charge in [-0.15, -0.1) is 0 Å². The molecule has 5 aliphatic carbocycles. The van der Waals surface area contributed by atoms with Gasteiger partial charge in [0.2, 0.25) is 15.9 Å². The van der Waals surface area contributed by atoms with Gasteiger partial charge in [0, 0.05) is 58.7 Å². The summed E-state index contributed by atoms with van der Waals surface area (Å²) in [4.78, 5) is 44.1. The Morgan fingerprint density at radius 2 is 1.50 bits per heavy atom. The van der Waals surface area contributed by atoms with Crippen molar-refractivity contribution in [1.29, 1.82) is 0 Å². The largest absolute Gasteiger partial charge is 0.481 e. The highest BCUT2D eigenvalue weighted by molar-refractivity contribution is 7.89. The highest BCUT2D eigenvalue weighted by Gasteiger charge is 2.71. The maximum atomic E-state index is 14.5. The fraction of sp³-hybridized carbons (Fsp3) is 0.784. The summed E-state index contributed by atoms with van der Waals surface area (Å²) in [6, 6.07) is 7.20. The second kappa shape index (κ2) is 16.6. The minimum absolute atomic E-state index is 0.00388. The van der Waals surface area contributed by atoms with Crippen LogP contribution in [0.1, 0.15) is 144 Å². The summed E-state index contributed by atoms with van der Waals surface area (Å²) < 4.78 is 32.7. The number of hydrogen-bond donors (Lipinski definition) is 1. The fourth-order valence-corrected chi connectivity index (χ4v) is 16.5. The van der Waals surface area contributed by atoms with Crippen molar-refractivity contribution in [2.75, 3.05) is 40.3 Å². The lowest BCUT2D eigenvalue weighted by molar-refractivity contribution is -0.250. The first-order chi connectivity index (χ1) is 28.8. The van der Waals surface area contributed by atoms with Gasteiger partial charge in [0.25, 0.3) is 0 Å². The summed E-state index contributed by atoms with van der Waals surface area (Å²) in [5, 5.41) is 9.40. The molecule has 1 saturated heterocycles. The SMILES string of the molecule is C=C(C)[C@@H]1CC[C@]2(CC(=O)N3CCN(Cc4ccc(S(=O)(=O)N(C)C)cc4)CC3)CC[C@]3(C)[C@H](CC[C@@H]4[C@@]5(C)CC[C@H](OC(=O)CC(C)(C)CC(=O)O)C(C)(C)[C@@H]5CC[C@]43C)[C@@H]12. The highest BCUT2D eigenvalue weighted by Crippen LogP contribution is 2.78. The number of piperazine rings is 1.